The van der Waals surface area contributed by atoms with Gasteiger partial charge in [0.2, 0.25) is 0 Å². The predicted molar refractivity (Wildman–Crippen MR) is 81.3 cm³/mol. The SMILES string of the molecule is COc1ccc(C(CN)NC2CCC(C)C2)c(OC)c1. The number of nitrogens with one attached hydrogen (secondary N) is 1. The van der Waals surface area contributed by atoms with Crippen molar-refractivity contribution >= 4 is 0 Å². The second-order valence-corrected chi connectivity index (χ2v) is 5.68. The molecule has 0 saturated heterocycles. The van der Waals surface area contributed by atoms with E-state index in [1.54, 1.807) is 14.2 Å². The van der Waals surface area contributed by atoms with Crippen molar-refractivity contribution in [3.05, 3.63) is 23.8 Å². The van der Waals surface area contributed by atoms with Gasteiger partial charge in [0.25, 0.3) is 0 Å². The summed E-state index contributed by atoms with van der Waals surface area (Å²) in [4.78, 5) is 0. The van der Waals surface area contributed by atoms with E-state index in [2.05, 4.69) is 12.2 Å². The van der Waals surface area contributed by atoms with E-state index in [9.17, 15) is 0 Å². The van der Waals surface area contributed by atoms with Crippen LogP contribution in [0.4, 0.5) is 0 Å². The minimum Gasteiger partial charge on any atom is -0.497 e. The molecule has 1 fully saturated rings. The van der Waals surface area contributed by atoms with Gasteiger partial charge in [0.1, 0.15) is 11.5 Å². The Balaban J connectivity index is 2.14. The molecule has 4 heteroatoms. The molecule has 0 heterocycles. The van der Waals surface area contributed by atoms with E-state index in [0.717, 1.165) is 23.0 Å². The first kappa shape index (κ1) is 15.1. The molecule has 0 radical (unpaired) electrons. The minimum atomic E-state index is 0.131. The number of methoxy groups -OCH3 is 2. The van der Waals surface area contributed by atoms with Crippen molar-refractivity contribution in [3.8, 4) is 11.5 Å². The first-order valence-electron chi connectivity index (χ1n) is 7.36. The fraction of sp³-hybridized carbons (Fsp3) is 0.625. The first-order chi connectivity index (χ1) is 9.67. The van der Waals surface area contributed by atoms with Gasteiger partial charge < -0.3 is 20.5 Å². The van der Waals surface area contributed by atoms with Crippen molar-refractivity contribution in [3.63, 3.8) is 0 Å². The van der Waals surface area contributed by atoms with Gasteiger partial charge in [0, 0.05) is 30.3 Å². The second kappa shape index (κ2) is 6.95. The van der Waals surface area contributed by atoms with Crippen LogP contribution in [-0.2, 0) is 0 Å². The van der Waals surface area contributed by atoms with E-state index in [-0.39, 0.29) is 6.04 Å². The summed E-state index contributed by atoms with van der Waals surface area (Å²) in [5, 5.41) is 3.68. The van der Waals surface area contributed by atoms with Gasteiger partial charge in [-0.1, -0.05) is 13.0 Å². The molecule has 4 nitrogen and oxygen atoms in total. The minimum absolute atomic E-state index is 0.131. The summed E-state index contributed by atoms with van der Waals surface area (Å²) in [7, 11) is 3.34. The molecule has 3 atom stereocenters. The van der Waals surface area contributed by atoms with Gasteiger partial charge in [-0.15, -0.1) is 0 Å². The van der Waals surface area contributed by atoms with Crippen LogP contribution in [0.1, 0.15) is 37.8 Å². The molecule has 1 aliphatic rings. The summed E-state index contributed by atoms with van der Waals surface area (Å²) < 4.78 is 10.7. The lowest BCUT2D eigenvalue weighted by atomic mass is 10.0. The van der Waals surface area contributed by atoms with Gasteiger partial charge in [0.15, 0.2) is 0 Å². The third kappa shape index (κ3) is 3.44. The maximum Gasteiger partial charge on any atom is 0.127 e. The normalized spacial score (nSPS) is 23.6. The Morgan fingerprint density at radius 1 is 1.30 bits per heavy atom. The molecule has 112 valence electrons. The largest absolute Gasteiger partial charge is 0.497 e. The van der Waals surface area contributed by atoms with Crippen LogP contribution in [0.5, 0.6) is 11.5 Å². The molecular weight excluding hydrogens is 252 g/mol. The third-order valence-electron chi connectivity index (χ3n) is 4.18. The van der Waals surface area contributed by atoms with Gasteiger partial charge >= 0.3 is 0 Å². The zero-order valence-corrected chi connectivity index (χ0v) is 12.7. The van der Waals surface area contributed by atoms with Crippen LogP contribution in [0.2, 0.25) is 0 Å². The highest BCUT2D eigenvalue weighted by molar-refractivity contribution is 5.42. The molecule has 1 saturated carbocycles. The van der Waals surface area contributed by atoms with Crippen LogP contribution in [0.15, 0.2) is 18.2 Å². The average Bonchev–Trinajstić information content (AvgIpc) is 2.89. The van der Waals surface area contributed by atoms with E-state index < -0.39 is 0 Å². The molecule has 1 aliphatic carbocycles. The molecule has 3 N–H and O–H groups in total. The summed E-state index contributed by atoms with van der Waals surface area (Å²) in [6.07, 6.45) is 3.76. The summed E-state index contributed by atoms with van der Waals surface area (Å²) in [5.41, 5.74) is 7.07. The van der Waals surface area contributed by atoms with Crippen molar-refractivity contribution in [2.45, 2.75) is 38.3 Å². The zero-order chi connectivity index (χ0) is 14.5. The molecule has 2 rings (SSSR count). The molecule has 1 aromatic carbocycles. The third-order valence-corrected chi connectivity index (χ3v) is 4.18. The maximum atomic E-state index is 5.96. The van der Waals surface area contributed by atoms with Crippen molar-refractivity contribution in [1.82, 2.24) is 5.32 Å². The van der Waals surface area contributed by atoms with Crippen molar-refractivity contribution < 1.29 is 9.47 Å². The van der Waals surface area contributed by atoms with Crippen LogP contribution in [0.3, 0.4) is 0 Å². The average molecular weight is 278 g/mol. The highest BCUT2D eigenvalue weighted by Gasteiger charge is 2.25. The molecule has 0 amide bonds. The summed E-state index contributed by atoms with van der Waals surface area (Å²) in [6, 6.07) is 6.60. The highest BCUT2D eigenvalue weighted by Crippen LogP contribution is 2.32. The maximum absolute atomic E-state index is 5.96. The Morgan fingerprint density at radius 3 is 2.65 bits per heavy atom. The zero-order valence-electron chi connectivity index (χ0n) is 12.7. The van der Waals surface area contributed by atoms with E-state index in [4.69, 9.17) is 15.2 Å². The Morgan fingerprint density at radius 2 is 2.10 bits per heavy atom. The topological polar surface area (TPSA) is 56.5 Å². The fourth-order valence-electron chi connectivity index (χ4n) is 3.03. The molecule has 1 aromatic rings. The number of hydrogen-bond acceptors (Lipinski definition) is 4. The van der Waals surface area contributed by atoms with E-state index in [0.29, 0.717) is 12.6 Å². The summed E-state index contributed by atoms with van der Waals surface area (Å²) in [5.74, 6) is 2.44. The molecular formula is C16H26N2O2. The lowest BCUT2D eigenvalue weighted by Crippen LogP contribution is -2.35. The monoisotopic (exact) mass is 278 g/mol. The van der Waals surface area contributed by atoms with Gasteiger partial charge in [0.05, 0.1) is 14.2 Å². The van der Waals surface area contributed by atoms with E-state index >= 15 is 0 Å². The molecule has 0 aliphatic heterocycles. The molecule has 3 unspecified atom stereocenters. The molecule has 0 aromatic heterocycles. The number of ether oxygens (including phenoxy) is 2. The molecule has 20 heavy (non-hydrogen) atoms. The quantitative estimate of drug-likeness (QED) is 0.839. The van der Waals surface area contributed by atoms with Crippen LogP contribution >= 0.6 is 0 Å². The van der Waals surface area contributed by atoms with Crippen LogP contribution in [0, 0.1) is 5.92 Å². The first-order valence-corrected chi connectivity index (χ1v) is 7.36. The van der Waals surface area contributed by atoms with Crippen LogP contribution in [0.25, 0.3) is 0 Å². The number of nitrogens with two attached hydrogens (primary N) is 1. The predicted octanol–water partition coefficient (Wildman–Crippen LogP) is 2.48. The van der Waals surface area contributed by atoms with Gasteiger partial charge in [-0.25, -0.2) is 0 Å². The van der Waals surface area contributed by atoms with Crippen LogP contribution < -0.4 is 20.5 Å². The number of rotatable bonds is 6. The summed E-state index contributed by atoms with van der Waals surface area (Å²) >= 11 is 0. The second-order valence-electron chi connectivity index (χ2n) is 5.68. The molecule has 0 spiro atoms. The van der Waals surface area contributed by atoms with Gasteiger partial charge in [-0.2, -0.15) is 0 Å². The Hall–Kier alpha value is -1.26. The number of benzene rings is 1. The highest BCUT2D eigenvalue weighted by atomic mass is 16.5. The Labute approximate surface area is 121 Å². The van der Waals surface area contributed by atoms with E-state index in [1.165, 1.54) is 19.3 Å². The van der Waals surface area contributed by atoms with Crippen LogP contribution in [-0.4, -0.2) is 26.8 Å². The Kier molecular flexibility index (Phi) is 5.26. The Bertz CT molecular complexity index is 436. The van der Waals surface area contributed by atoms with Gasteiger partial charge in [-0.3, -0.25) is 0 Å². The van der Waals surface area contributed by atoms with E-state index in [1.807, 2.05) is 18.2 Å². The lowest BCUT2D eigenvalue weighted by molar-refractivity contribution is 0.376. The van der Waals surface area contributed by atoms with Gasteiger partial charge in [-0.05, 0) is 31.2 Å². The van der Waals surface area contributed by atoms with Crippen molar-refractivity contribution in [2.24, 2.45) is 11.7 Å². The smallest absolute Gasteiger partial charge is 0.127 e. The lowest BCUT2D eigenvalue weighted by Gasteiger charge is -2.24. The van der Waals surface area contributed by atoms with Crippen molar-refractivity contribution in [1.29, 1.82) is 0 Å². The number of hydrogen-bond donors (Lipinski definition) is 2. The van der Waals surface area contributed by atoms with Crippen molar-refractivity contribution in [2.75, 3.05) is 20.8 Å². The summed E-state index contributed by atoms with van der Waals surface area (Å²) in [6.45, 7) is 2.88. The standard InChI is InChI=1S/C16H26N2O2/c1-11-4-5-12(8-11)18-15(10-17)14-7-6-13(19-2)9-16(14)20-3/h6-7,9,11-12,15,18H,4-5,8,10,17H2,1-3H3. The fourth-order valence-corrected chi connectivity index (χ4v) is 3.03. The molecule has 0 bridgehead atoms.